The third kappa shape index (κ3) is 4.19. The smallest absolute Gasteiger partial charge is 0.165 e. The van der Waals surface area contributed by atoms with Gasteiger partial charge in [0.15, 0.2) is 11.2 Å². The summed E-state index contributed by atoms with van der Waals surface area (Å²) in [6.45, 7) is 1.43. The maximum Gasteiger partial charge on any atom is 0.165 e. The molecule has 1 atom stereocenters. The van der Waals surface area contributed by atoms with E-state index in [0.717, 1.165) is 0 Å². The van der Waals surface area contributed by atoms with Gasteiger partial charge < -0.3 is 4.79 Å². The number of nitrogens with zero attached hydrogens (tertiary/aromatic N) is 2. The summed E-state index contributed by atoms with van der Waals surface area (Å²) in [4.78, 5) is 24.4. The van der Waals surface area contributed by atoms with Gasteiger partial charge in [-0.15, -0.1) is 0 Å². The molecule has 0 saturated heterocycles. The molecular formula is C21H18N2O2. The van der Waals surface area contributed by atoms with Crippen LogP contribution < -0.4 is 0 Å². The normalized spacial score (nSPS) is 11.8. The third-order valence-electron chi connectivity index (χ3n) is 4.22. The fraction of sp³-hybridized carbons (Fsp3) is 0.238. The lowest BCUT2D eigenvalue weighted by Gasteiger charge is -2.28. The Hall–Kier alpha value is -3.24. The summed E-state index contributed by atoms with van der Waals surface area (Å²) in [5.41, 5.74) is -0.436. The van der Waals surface area contributed by atoms with Crippen molar-refractivity contribution in [1.29, 1.82) is 10.5 Å². The molecule has 4 nitrogen and oxygen atoms in total. The molecule has 0 heterocycles. The standard InChI is InChI=1S/C21H18N2O2/c1-16(24)12-19(17-8-4-2-5-9-17)21(14-22,15-23)13-20(25)18-10-6-3-7-11-18/h2-11,19H,12-13H2,1H3. The molecule has 0 aliphatic rings. The molecule has 0 N–H and O–H groups in total. The zero-order valence-electron chi connectivity index (χ0n) is 14.0. The summed E-state index contributed by atoms with van der Waals surface area (Å²) in [7, 11) is 0. The van der Waals surface area contributed by atoms with Crippen molar-refractivity contribution in [3.63, 3.8) is 0 Å². The molecule has 2 aromatic carbocycles. The minimum Gasteiger partial charge on any atom is -0.300 e. The average Bonchev–Trinajstić information content (AvgIpc) is 2.65. The summed E-state index contributed by atoms with van der Waals surface area (Å²) >= 11 is 0. The molecule has 0 radical (unpaired) electrons. The van der Waals surface area contributed by atoms with Crippen LogP contribution in [0.15, 0.2) is 60.7 Å². The van der Waals surface area contributed by atoms with E-state index in [9.17, 15) is 20.1 Å². The lowest BCUT2D eigenvalue weighted by Crippen LogP contribution is -2.30. The number of rotatable bonds is 7. The van der Waals surface area contributed by atoms with Gasteiger partial charge in [-0.2, -0.15) is 10.5 Å². The van der Waals surface area contributed by atoms with Crippen molar-refractivity contribution in [2.24, 2.45) is 5.41 Å². The summed E-state index contributed by atoms with van der Waals surface area (Å²) < 4.78 is 0. The third-order valence-corrected chi connectivity index (χ3v) is 4.22. The van der Waals surface area contributed by atoms with Gasteiger partial charge in [-0.25, -0.2) is 0 Å². The maximum atomic E-state index is 12.6. The van der Waals surface area contributed by atoms with Crippen LogP contribution >= 0.6 is 0 Å². The number of hydrogen-bond donors (Lipinski definition) is 0. The molecule has 0 fully saturated rings. The molecule has 25 heavy (non-hydrogen) atoms. The summed E-state index contributed by atoms with van der Waals surface area (Å²) in [5, 5.41) is 19.6. The molecule has 2 aromatic rings. The number of carbonyl (C=O) groups is 2. The van der Waals surface area contributed by atoms with Crippen LogP contribution in [0, 0.1) is 28.1 Å². The monoisotopic (exact) mass is 330 g/mol. The van der Waals surface area contributed by atoms with Crippen LogP contribution in [0.2, 0.25) is 0 Å². The minimum atomic E-state index is -1.60. The van der Waals surface area contributed by atoms with Gasteiger partial charge >= 0.3 is 0 Å². The van der Waals surface area contributed by atoms with Gasteiger partial charge in [0, 0.05) is 24.3 Å². The van der Waals surface area contributed by atoms with Crippen molar-refractivity contribution in [2.45, 2.75) is 25.7 Å². The van der Waals surface area contributed by atoms with Crippen LogP contribution in [-0.2, 0) is 4.79 Å². The zero-order chi connectivity index (χ0) is 18.3. The van der Waals surface area contributed by atoms with Crippen molar-refractivity contribution >= 4 is 11.6 Å². The number of carbonyl (C=O) groups excluding carboxylic acids is 2. The Morgan fingerprint density at radius 1 is 0.960 bits per heavy atom. The maximum absolute atomic E-state index is 12.6. The summed E-state index contributed by atoms with van der Waals surface area (Å²) in [6.07, 6.45) is -0.218. The van der Waals surface area contributed by atoms with Crippen LogP contribution in [0.5, 0.6) is 0 Å². The number of benzene rings is 2. The van der Waals surface area contributed by atoms with E-state index in [1.165, 1.54) is 6.92 Å². The minimum absolute atomic E-state index is 0.0349. The molecule has 2 rings (SSSR count). The Morgan fingerprint density at radius 2 is 1.48 bits per heavy atom. The topological polar surface area (TPSA) is 81.7 Å². The summed E-state index contributed by atoms with van der Waals surface area (Å²) in [6, 6.07) is 21.6. The van der Waals surface area contributed by atoms with Gasteiger partial charge in [0.1, 0.15) is 5.78 Å². The van der Waals surface area contributed by atoms with E-state index in [0.29, 0.717) is 11.1 Å². The van der Waals surface area contributed by atoms with E-state index in [-0.39, 0.29) is 24.4 Å². The highest BCUT2D eigenvalue weighted by molar-refractivity contribution is 5.97. The van der Waals surface area contributed by atoms with Crippen LogP contribution in [0.1, 0.15) is 41.6 Å². The second-order valence-electron chi connectivity index (χ2n) is 6.03. The van der Waals surface area contributed by atoms with E-state index in [2.05, 4.69) is 0 Å². The van der Waals surface area contributed by atoms with E-state index in [4.69, 9.17) is 0 Å². The van der Waals surface area contributed by atoms with Gasteiger partial charge in [0.25, 0.3) is 0 Å². The van der Waals surface area contributed by atoms with Crippen molar-refractivity contribution in [2.75, 3.05) is 0 Å². The lowest BCUT2D eigenvalue weighted by molar-refractivity contribution is -0.117. The molecule has 124 valence electrons. The van der Waals surface area contributed by atoms with Gasteiger partial charge in [0.2, 0.25) is 0 Å². The van der Waals surface area contributed by atoms with E-state index in [1.807, 2.05) is 18.2 Å². The highest BCUT2D eigenvalue weighted by Gasteiger charge is 2.43. The van der Waals surface area contributed by atoms with Crippen LogP contribution in [0.25, 0.3) is 0 Å². The quantitative estimate of drug-likeness (QED) is 0.717. The Labute approximate surface area is 147 Å². The predicted molar refractivity (Wildman–Crippen MR) is 93.5 cm³/mol. The van der Waals surface area contributed by atoms with E-state index < -0.39 is 11.3 Å². The number of hydrogen-bond acceptors (Lipinski definition) is 4. The average molecular weight is 330 g/mol. The Bertz CT molecular complexity index is 816. The largest absolute Gasteiger partial charge is 0.300 e. The number of nitriles is 2. The fourth-order valence-electron chi connectivity index (χ4n) is 2.91. The molecule has 1 unspecified atom stereocenters. The molecule has 0 amide bonds. The number of Topliss-reactive ketones (excluding diaryl/α,β-unsaturated/α-hetero) is 2. The highest BCUT2D eigenvalue weighted by Crippen LogP contribution is 2.41. The summed E-state index contributed by atoms with van der Waals surface area (Å²) in [5.74, 6) is -1.07. The van der Waals surface area contributed by atoms with Crippen molar-refractivity contribution in [3.8, 4) is 12.1 Å². The lowest BCUT2D eigenvalue weighted by atomic mass is 9.68. The Balaban J connectivity index is 2.45. The molecule has 0 spiro atoms. The van der Waals surface area contributed by atoms with Crippen LogP contribution in [-0.4, -0.2) is 11.6 Å². The van der Waals surface area contributed by atoms with Crippen molar-refractivity contribution in [3.05, 3.63) is 71.8 Å². The molecule has 0 aliphatic heterocycles. The van der Waals surface area contributed by atoms with Crippen molar-refractivity contribution < 1.29 is 9.59 Å². The van der Waals surface area contributed by atoms with Gasteiger partial charge in [-0.1, -0.05) is 60.7 Å². The highest BCUT2D eigenvalue weighted by atomic mass is 16.1. The molecular weight excluding hydrogens is 312 g/mol. The fourth-order valence-corrected chi connectivity index (χ4v) is 2.91. The molecule has 0 aliphatic carbocycles. The SMILES string of the molecule is CC(=O)CC(c1ccccc1)C(C#N)(C#N)CC(=O)c1ccccc1. The Kier molecular flexibility index (Phi) is 5.82. The first kappa shape index (κ1) is 18.1. The first-order valence-corrected chi connectivity index (χ1v) is 7.97. The first-order chi connectivity index (χ1) is 12.0. The molecule has 4 heteroatoms. The van der Waals surface area contributed by atoms with Crippen LogP contribution in [0.4, 0.5) is 0 Å². The first-order valence-electron chi connectivity index (χ1n) is 7.97. The zero-order valence-corrected chi connectivity index (χ0v) is 14.0. The van der Waals surface area contributed by atoms with E-state index >= 15 is 0 Å². The predicted octanol–water partition coefficient (Wildman–Crippen LogP) is 4.06. The van der Waals surface area contributed by atoms with Crippen LogP contribution in [0.3, 0.4) is 0 Å². The van der Waals surface area contributed by atoms with Gasteiger partial charge in [-0.3, -0.25) is 4.79 Å². The second-order valence-corrected chi connectivity index (χ2v) is 6.03. The second kappa shape index (κ2) is 8.04. The van der Waals surface area contributed by atoms with Gasteiger partial charge in [-0.05, 0) is 12.5 Å². The van der Waals surface area contributed by atoms with Gasteiger partial charge in [0.05, 0.1) is 12.1 Å². The Morgan fingerprint density at radius 3 is 1.96 bits per heavy atom. The molecule has 0 saturated carbocycles. The molecule has 0 aromatic heterocycles. The van der Waals surface area contributed by atoms with Crippen molar-refractivity contribution in [1.82, 2.24) is 0 Å². The number of ketones is 2. The van der Waals surface area contributed by atoms with E-state index in [1.54, 1.807) is 54.6 Å². The molecule has 0 bridgehead atoms.